The number of likely N-dealkylation sites (tertiary alicyclic amines) is 1. The minimum Gasteiger partial charge on any atom is -0.379 e. The number of aromatic nitrogens is 1. The number of guanidine groups is 1. The molecule has 2 aliphatic heterocycles. The van der Waals surface area contributed by atoms with Crippen molar-refractivity contribution in [2.45, 2.75) is 19.0 Å². The van der Waals surface area contributed by atoms with E-state index in [4.69, 9.17) is 4.74 Å². The molecule has 0 aliphatic carbocycles. The zero-order chi connectivity index (χ0) is 15.4. The lowest BCUT2D eigenvalue weighted by atomic mass is 10.2. The first-order valence-corrected chi connectivity index (χ1v) is 8.15. The highest BCUT2D eigenvalue weighted by molar-refractivity contribution is 5.80. The number of rotatable bonds is 3. The van der Waals surface area contributed by atoms with Crippen LogP contribution in [0.2, 0.25) is 0 Å². The average Bonchev–Trinajstić information content (AvgIpc) is 3.19. The van der Waals surface area contributed by atoms with Crippen molar-refractivity contribution in [3.8, 4) is 0 Å². The van der Waals surface area contributed by atoms with E-state index >= 15 is 0 Å². The summed E-state index contributed by atoms with van der Waals surface area (Å²) in [5, 5.41) is 3.49. The molecule has 3 heterocycles. The first kappa shape index (κ1) is 15.4. The fraction of sp³-hybridized carbons (Fsp3) is 0.688. The van der Waals surface area contributed by atoms with E-state index in [1.807, 2.05) is 7.05 Å². The van der Waals surface area contributed by atoms with Crippen LogP contribution in [0.15, 0.2) is 23.3 Å². The molecule has 2 saturated heterocycles. The second-order valence-electron chi connectivity index (χ2n) is 6.05. The van der Waals surface area contributed by atoms with Gasteiger partial charge in [-0.15, -0.1) is 0 Å². The lowest BCUT2D eigenvalue weighted by molar-refractivity contribution is 0.0195. The van der Waals surface area contributed by atoms with Gasteiger partial charge in [-0.25, -0.2) is 0 Å². The third-order valence-corrected chi connectivity index (χ3v) is 4.72. The van der Waals surface area contributed by atoms with Crippen molar-refractivity contribution in [1.29, 1.82) is 0 Å². The zero-order valence-corrected chi connectivity index (χ0v) is 13.7. The standard InChI is InChI=1S/C16H27N5O/c1-17-16(18-12-14-4-3-6-19(14)2)21-7-5-15(13-21)20-8-10-22-11-9-20/h3-4,6,15H,5,7-13H2,1-2H3,(H,17,18). The van der Waals surface area contributed by atoms with Gasteiger partial charge in [-0.3, -0.25) is 9.89 Å². The summed E-state index contributed by atoms with van der Waals surface area (Å²) in [6.07, 6.45) is 3.29. The molecule has 1 aromatic rings. The van der Waals surface area contributed by atoms with Gasteiger partial charge in [0, 0.05) is 58.2 Å². The van der Waals surface area contributed by atoms with Gasteiger partial charge in [0.25, 0.3) is 0 Å². The van der Waals surface area contributed by atoms with Crippen LogP contribution >= 0.6 is 0 Å². The molecular formula is C16H27N5O. The number of hydrogen-bond acceptors (Lipinski definition) is 3. The molecule has 0 saturated carbocycles. The lowest BCUT2D eigenvalue weighted by Crippen LogP contribution is -2.46. The summed E-state index contributed by atoms with van der Waals surface area (Å²) in [5.74, 6) is 1.01. The van der Waals surface area contributed by atoms with E-state index in [0.717, 1.165) is 51.9 Å². The van der Waals surface area contributed by atoms with Gasteiger partial charge < -0.3 is 19.5 Å². The van der Waals surface area contributed by atoms with Gasteiger partial charge in [0.15, 0.2) is 5.96 Å². The highest BCUT2D eigenvalue weighted by atomic mass is 16.5. The van der Waals surface area contributed by atoms with E-state index in [9.17, 15) is 0 Å². The lowest BCUT2D eigenvalue weighted by Gasteiger charge is -2.32. The Hall–Kier alpha value is -1.53. The fourth-order valence-corrected chi connectivity index (χ4v) is 3.36. The van der Waals surface area contributed by atoms with E-state index in [1.165, 1.54) is 12.1 Å². The summed E-state index contributed by atoms with van der Waals surface area (Å²) in [6.45, 7) is 6.83. The molecule has 2 fully saturated rings. The van der Waals surface area contributed by atoms with Gasteiger partial charge >= 0.3 is 0 Å². The second kappa shape index (κ2) is 7.15. The molecule has 6 heteroatoms. The predicted molar refractivity (Wildman–Crippen MR) is 88.0 cm³/mol. The van der Waals surface area contributed by atoms with Crippen LogP contribution in [0.5, 0.6) is 0 Å². The van der Waals surface area contributed by atoms with Crippen LogP contribution < -0.4 is 5.32 Å². The minimum atomic E-state index is 0.637. The first-order chi connectivity index (χ1) is 10.8. The van der Waals surface area contributed by atoms with Crippen LogP contribution in [-0.2, 0) is 18.3 Å². The largest absolute Gasteiger partial charge is 0.379 e. The molecule has 1 N–H and O–H groups in total. The number of nitrogens with one attached hydrogen (secondary N) is 1. The highest BCUT2D eigenvalue weighted by Crippen LogP contribution is 2.17. The molecule has 0 bridgehead atoms. The van der Waals surface area contributed by atoms with E-state index in [2.05, 4.69) is 50.1 Å². The van der Waals surface area contributed by atoms with Crippen molar-refractivity contribution < 1.29 is 4.74 Å². The summed E-state index contributed by atoms with van der Waals surface area (Å²) in [6, 6.07) is 4.85. The molecule has 22 heavy (non-hydrogen) atoms. The van der Waals surface area contributed by atoms with Crippen LogP contribution in [0.1, 0.15) is 12.1 Å². The summed E-state index contributed by atoms with van der Waals surface area (Å²) < 4.78 is 7.59. The SMILES string of the molecule is CN=C(NCc1cccn1C)N1CCC(N2CCOCC2)C1. The van der Waals surface area contributed by atoms with Gasteiger partial charge in [0.1, 0.15) is 0 Å². The monoisotopic (exact) mass is 305 g/mol. The third kappa shape index (κ3) is 3.44. The Kier molecular flexibility index (Phi) is 5.00. The Morgan fingerprint density at radius 2 is 2.18 bits per heavy atom. The van der Waals surface area contributed by atoms with E-state index in [-0.39, 0.29) is 0 Å². The molecule has 1 atom stereocenters. The Morgan fingerprint density at radius 3 is 2.86 bits per heavy atom. The maximum Gasteiger partial charge on any atom is 0.194 e. The van der Waals surface area contributed by atoms with Crippen molar-refractivity contribution >= 4 is 5.96 Å². The van der Waals surface area contributed by atoms with E-state index in [1.54, 1.807) is 0 Å². The van der Waals surface area contributed by atoms with Crippen molar-refractivity contribution in [3.05, 3.63) is 24.0 Å². The van der Waals surface area contributed by atoms with Crippen molar-refractivity contribution in [2.75, 3.05) is 46.4 Å². The molecule has 6 nitrogen and oxygen atoms in total. The van der Waals surface area contributed by atoms with Crippen LogP contribution in [-0.4, -0.2) is 72.8 Å². The Bertz CT molecular complexity index is 506. The molecule has 1 unspecified atom stereocenters. The van der Waals surface area contributed by atoms with Crippen LogP contribution in [0.25, 0.3) is 0 Å². The summed E-state index contributed by atoms with van der Waals surface area (Å²) in [7, 11) is 3.94. The van der Waals surface area contributed by atoms with Gasteiger partial charge in [0.05, 0.1) is 19.8 Å². The number of aliphatic imine (C=N–C) groups is 1. The number of morpholine rings is 1. The number of ether oxygens (including phenoxy) is 1. The molecule has 122 valence electrons. The molecular weight excluding hydrogens is 278 g/mol. The van der Waals surface area contributed by atoms with E-state index in [0.29, 0.717) is 6.04 Å². The smallest absolute Gasteiger partial charge is 0.194 e. The maximum absolute atomic E-state index is 5.45. The van der Waals surface area contributed by atoms with Gasteiger partial charge in [-0.2, -0.15) is 0 Å². The normalized spacial score (nSPS) is 24.0. The molecule has 2 aliphatic rings. The topological polar surface area (TPSA) is 45.0 Å². The third-order valence-electron chi connectivity index (χ3n) is 4.72. The molecule has 1 aromatic heterocycles. The molecule has 3 rings (SSSR count). The van der Waals surface area contributed by atoms with Crippen LogP contribution in [0, 0.1) is 0 Å². The molecule has 0 spiro atoms. The van der Waals surface area contributed by atoms with Gasteiger partial charge in [0.2, 0.25) is 0 Å². The summed E-state index contributed by atoms with van der Waals surface area (Å²) in [5.41, 5.74) is 1.27. The average molecular weight is 305 g/mol. The summed E-state index contributed by atoms with van der Waals surface area (Å²) >= 11 is 0. The second-order valence-corrected chi connectivity index (χ2v) is 6.05. The Balaban J connectivity index is 1.52. The van der Waals surface area contributed by atoms with Crippen molar-refractivity contribution in [2.24, 2.45) is 12.0 Å². The summed E-state index contributed by atoms with van der Waals surface area (Å²) in [4.78, 5) is 9.40. The fourth-order valence-electron chi connectivity index (χ4n) is 3.36. The first-order valence-electron chi connectivity index (χ1n) is 8.15. The minimum absolute atomic E-state index is 0.637. The highest BCUT2D eigenvalue weighted by Gasteiger charge is 2.30. The molecule has 0 radical (unpaired) electrons. The maximum atomic E-state index is 5.45. The quantitative estimate of drug-likeness (QED) is 0.653. The van der Waals surface area contributed by atoms with Crippen LogP contribution in [0.3, 0.4) is 0 Å². The molecule has 0 amide bonds. The van der Waals surface area contributed by atoms with E-state index < -0.39 is 0 Å². The van der Waals surface area contributed by atoms with Crippen molar-refractivity contribution in [1.82, 2.24) is 19.7 Å². The number of aryl methyl sites for hydroxylation is 1. The molecule has 0 aromatic carbocycles. The van der Waals surface area contributed by atoms with Gasteiger partial charge in [-0.05, 0) is 18.6 Å². The van der Waals surface area contributed by atoms with Crippen LogP contribution in [0.4, 0.5) is 0 Å². The van der Waals surface area contributed by atoms with Crippen molar-refractivity contribution in [3.63, 3.8) is 0 Å². The number of nitrogens with zero attached hydrogens (tertiary/aromatic N) is 4. The predicted octanol–water partition coefficient (Wildman–Crippen LogP) is 0.507. The zero-order valence-electron chi connectivity index (χ0n) is 13.7. The van der Waals surface area contributed by atoms with Gasteiger partial charge in [-0.1, -0.05) is 0 Å². The Labute approximate surface area is 132 Å². The number of hydrogen-bond donors (Lipinski definition) is 1. The Morgan fingerprint density at radius 1 is 1.36 bits per heavy atom.